The fourth-order valence-corrected chi connectivity index (χ4v) is 4.65. The van der Waals surface area contributed by atoms with Gasteiger partial charge in [-0.1, -0.05) is 0 Å². The molecule has 4 aromatic rings. The Morgan fingerprint density at radius 2 is 1.83 bits per heavy atom. The number of hydrogen-bond donors (Lipinski definition) is 1. The van der Waals surface area contributed by atoms with E-state index in [2.05, 4.69) is 20.3 Å². The Morgan fingerprint density at radius 3 is 2.51 bits per heavy atom. The number of aryl methyl sites for hydroxylation is 1. The summed E-state index contributed by atoms with van der Waals surface area (Å²) in [7, 11) is 1.77. The van der Waals surface area contributed by atoms with Gasteiger partial charge in [0.25, 0.3) is 5.91 Å². The van der Waals surface area contributed by atoms with E-state index in [1.54, 1.807) is 22.7 Å². The number of esters is 1. The molecule has 2 amide bonds. The molecular weight excluding hydrogens is 535 g/mol. The van der Waals surface area contributed by atoms with Gasteiger partial charge >= 0.3 is 12.1 Å². The number of ether oxygens (including phenoxy) is 2. The van der Waals surface area contributed by atoms with Gasteiger partial charge in [0.15, 0.2) is 18.0 Å². The molecule has 0 unspecified atom stereocenters. The number of hydrogen-bond acceptors (Lipinski definition) is 9. The van der Waals surface area contributed by atoms with Gasteiger partial charge in [0.05, 0.1) is 5.56 Å². The van der Waals surface area contributed by atoms with Crippen molar-refractivity contribution in [1.82, 2.24) is 19.7 Å². The molecule has 0 atom stereocenters. The molecule has 216 valence electrons. The Bertz CT molecular complexity index is 1650. The Labute approximate surface area is 235 Å². The molecule has 13 heteroatoms. The van der Waals surface area contributed by atoms with Gasteiger partial charge in [0.1, 0.15) is 16.6 Å². The Morgan fingerprint density at radius 1 is 1.10 bits per heavy atom. The first-order valence-corrected chi connectivity index (χ1v) is 13.1. The summed E-state index contributed by atoms with van der Waals surface area (Å²) in [5.74, 6) is -1.65. The highest BCUT2D eigenvalue weighted by molar-refractivity contribution is 6.14. The summed E-state index contributed by atoms with van der Waals surface area (Å²) in [4.78, 5) is 44.7. The van der Waals surface area contributed by atoms with Gasteiger partial charge in [-0.25, -0.2) is 14.2 Å². The number of nitrogens with zero attached hydrogens (tertiary/aromatic N) is 5. The maximum Gasteiger partial charge on any atom is 0.410 e. The number of rotatable bonds is 5. The van der Waals surface area contributed by atoms with Gasteiger partial charge in [-0.15, -0.1) is 0 Å². The monoisotopic (exact) mass is 566 g/mol. The lowest BCUT2D eigenvalue weighted by atomic mass is 10.1. The van der Waals surface area contributed by atoms with Crippen molar-refractivity contribution >= 4 is 51.3 Å². The van der Waals surface area contributed by atoms with Gasteiger partial charge < -0.3 is 29.0 Å². The van der Waals surface area contributed by atoms with Crippen molar-refractivity contribution in [3.05, 3.63) is 47.7 Å². The van der Waals surface area contributed by atoms with Crippen molar-refractivity contribution in [2.24, 2.45) is 7.05 Å². The van der Waals surface area contributed by atoms with E-state index < -0.39 is 23.3 Å². The molecule has 1 saturated heterocycles. The zero-order valence-corrected chi connectivity index (χ0v) is 23.5. The minimum Gasteiger partial charge on any atom is -0.456 e. The quantitative estimate of drug-likeness (QED) is 0.353. The third kappa shape index (κ3) is 6.08. The van der Waals surface area contributed by atoms with Gasteiger partial charge in [0, 0.05) is 69.2 Å². The standard InChI is InChI=1S/C28H31FN6O6/c1-16(36)39-15-23-31-25-20(29)12-17(13-22(25)40-23)30-26(37)18-6-7-21(19-14-33(5)32-24(18)19)34-8-10-35(11-9-34)27(38)41-28(2,3)4/h6-7,12-14H,8-11,15H2,1-5H3,(H,30,37). The molecule has 1 aliphatic heterocycles. The Kier molecular flexibility index (Phi) is 7.28. The number of nitrogens with one attached hydrogen (secondary N) is 1. The zero-order chi connectivity index (χ0) is 29.5. The molecule has 1 aliphatic rings. The molecule has 0 radical (unpaired) electrons. The van der Waals surface area contributed by atoms with Crippen LogP contribution in [0.1, 0.15) is 43.9 Å². The van der Waals surface area contributed by atoms with E-state index in [1.807, 2.05) is 33.0 Å². The van der Waals surface area contributed by atoms with Crippen molar-refractivity contribution < 1.29 is 32.7 Å². The third-order valence-corrected chi connectivity index (χ3v) is 6.43. The largest absolute Gasteiger partial charge is 0.456 e. The van der Waals surface area contributed by atoms with Gasteiger partial charge in [-0.05, 0) is 39.0 Å². The maximum atomic E-state index is 14.8. The highest BCUT2D eigenvalue weighted by Crippen LogP contribution is 2.31. The molecule has 0 spiro atoms. The molecule has 41 heavy (non-hydrogen) atoms. The van der Waals surface area contributed by atoms with Crippen LogP contribution in [0.15, 0.2) is 34.9 Å². The maximum absolute atomic E-state index is 14.8. The lowest BCUT2D eigenvalue weighted by molar-refractivity contribution is -0.142. The van der Waals surface area contributed by atoms with Gasteiger partial charge in [0.2, 0.25) is 5.89 Å². The van der Waals surface area contributed by atoms with E-state index >= 15 is 0 Å². The lowest BCUT2D eigenvalue weighted by Crippen LogP contribution is -2.50. The molecular formula is C28H31FN6O6. The van der Waals surface area contributed by atoms with Crippen LogP contribution in [0, 0.1) is 5.82 Å². The molecule has 1 fully saturated rings. The third-order valence-electron chi connectivity index (χ3n) is 6.43. The van der Waals surface area contributed by atoms with Crippen LogP contribution < -0.4 is 10.2 Å². The number of piperazine rings is 1. The SMILES string of the molecule is CC(=O)OCc1nc2c(F)cc(NC(=O)c3ccc(N4CCN(C(=O)OC(C)(C)C)CC4)c4cn(C)nc34)cc2o1. The highest BCUT2D eigenvalue weighted by atomic mass is 19.1. The first-order valence-electron chi connectivity index (χ1n) is 13.1. The number of amides is 2. The predicted octanol–water partition coefficient (Wildman–Crippen LogP) is 4.23. The Balaban J connectivity index is 1.34. The topological polar surface area (TPSA) is 132 Å². The molecule has 2 aromatic carbocycles. The normalized spacial score (nSPS) is 14.0. The van der Waals surface area contributed by atoms with Crippen molar-refractivity contribution in [1.29, 1.82) is 0 Å². The van der Waals surface area contributed by atoms with Crippen LogP contribution in [0.4, 0.5) is 20.6 Å². The molecule has 0 saturated carbocycles. The number of anilines is 2. The average molecular weight is 567 g/mol. The number of aromatic nitrogens is 3. The average Bonchev–Trinajstić information content (AvgIpc) is 3.49. The number of halogens is 1. The molecule has 0 aliphatic carbocycles. The second-order valence-electron chi connectivity index (χ2n) is 10.8. The fraction of sp³-hybridized carbons (Fsp3) is 0.393. The summed E-state index contributed by atoms with van der Waals surface area (Å²) in [6.07, 6.45) is 1.50. The summed E-state index contributed by atoms with van der Waals surface area (Å²) in [5.41, 5.74) is 1.36. The number of carbonyl (C=O) groups excluding carboxylic acids is 3. The summed E-state index contributed by atoms with van der Waals surface area (Å²) < 4.78 is 32.2. The van der Waals surface area contributed by atoms with Crippen LogP contribution in [0.5, 0.6) is 0 Å². The predicted molar refractivity (Wildman–Crippen MR) is 148 cm³/mol. The van der Waals surface area contributed by atoms with Gasteiger partial charge in [-0.3, -0.25) is 14.3 Å². The summed E-state index contributed by atoms with van der Waals surface area (Å²) in [6, 6.07) is 6.13. The van der Waals surface area contributed by atoms with Crippen LogP contribution in [0.25, 0.3) is 22.0 Å². The van der Waals surface area contributed by atoms with Crippen LogP contribution in [0.3, 0.4) is 0 Å². The molecule has 0 bridgehead atoms. The van der Waals surface area contributed by atoms with E-state index in [1.165, 1.54) is 13.0 Å². The molecule has 1 N–H and O–H groups in total. The number of carbonyl (C=O) groups is 3. The molecule has 12 nitrogen and oxygen atoms in total. The van der Waals surface area contributed by atoms with Crippen LogP contribution in [0.2, 0.25) is 0 Å². The highest BCUT2D eigenvalue weighted by Gasteiger charge is 2.27. The van der Waals surface area contributed by atoms with E-state index in [9.17, 15) is 18.8 Å². The van der Waals surface area contributed by atoms with Crippen molar-refractivity contribution in [2.45, 2.75) is 39.9 Å². The molecule has 5 rings (SSSR count). The summed E-state index contributed by atoms with van der Waals surface area (Å²) in [5, 5.41) is 8.01. The molecule has 3 heterocycles. The van der Waals surface area contributed by atoms with Gasteiger partial charge in [-0.2, -0.15) is 5.10 Å². The second-order valence-corrected chi connectivity index (χ2v) is 10.8. The lowest BCUT2D eigenvalue weighted by Gasteiger charge is -2.37. The van der Waals surface area contributed by atoms with E-state index in [0.29, 0.717) is 37.3 Å². The van der Waals surface area contributed by atoms with Crippen molar-refractivity contribution in [3.63, 3.8) is 0 Å². The van der Waals surface area contributed by atoms with E-state index in [4.69, 9.17) is 13.9 Å². The van der Waals surface area contributed by atoms with Crippen LogP contribution >= 0.6 is 0 Å². The summed E-state index contributed by atoms with van der Waals surface area (Å²) >= 11 is 0. The summed E-state index contributed by atoms with van der Waals surface area (Å²) in [6.45, 7) is 8.70. The van der Waals surface area contributed by atoms with E-state index in [0.717, 1.165) is 17.1 Å². The van der Waals surface area contributed by atoms with Crippen LogP contribution in [-0.4, -0.2) is 69.4 Å². The second kappa shape index (κ2) is 10.7. The van der Waals surface area contributed by atoms with Crippen molar-refractivity contribution in [2.75, 3.05) is 36.4 Å². The minimum absolute atomic E-state index is 0.0339. The van der Waals surface area contributed by atoms with Crippen molar-refractivity contribution in [3.8, 4) is 0 Å². The molecule has 2 aromatic heterocycles. The first kappa shape index (κ1) is 27.9. The van der Waals surface area contributed by atoms with Crippen LogP contribution in [-0.2, 0) is 27.9 Å². The Hall–Kier alpha value is -4.68. The fourth-order valence-electron chi connectivity index (χ4n) is 4.65. The smallest absolute Gasteiger partial charge is 0.410 e. The minimum atomic E-state index is -0.695. The first-order chi connectivity index (χ1) is 19.4. The van der Waals surface area contributed by atoms with E-state index in [-0.39, 0.29) is 35.4 Å². The number of oxazole rings is 1. The number of fused-ring (bicyclic) bond motifs is 2. The zero-order valence-electron chi connectivity index (χ0n) is 23.5. The number of benzene rings is 2.